The number of nitrogens with zero attached hydrogens (tertiary/aromatic N) is 1. The van der Waals surface area contributed by atoms with Gasteiger partial charge in [-0.25, -0.2) is 13.6 Å². The molecule has 2 amide bonds. The highest BCUT2D eigenvalue weighted by molar-refractivity contribution is 7.89. The van der Waals surface area contributed by atoms with Crippen LogP contribution in [0.2, 0.25) is 0 Å². The Labute approximate surface area is 169 Å². The van der Waals surface area contributed by atoms with Crippen molar-refractivity contribution < 1.29 is 22.7 Å². The molecular weight excluding hydrogens is 394 g/mol. The minimum atomic E-state index is -3.73. The molecule has 1 aliphatic heterocycles. The second kappa shape index (κ2) is 9.17. The van der Waals surface area contributed by atoms with Gasteiger partial charge in [-0.3, -0.25) is 9.59 Å². The lowest BCUT2D eigenvalue weighted by molar-refractivity contribution is -0.155. The van der Waals surface area contributed by atoms with Crippen molar-refractivity contribution in [3.05, 3.63) is 65.7 Å². The van der Waals surface area contributed by atoms with Crippen LogP contribution in [0.4, 0.5) is 0 Å². The first-order valence-electron chi connectivity index (χ1n) is 9.15. The van der Waals surface area contributed by atoms with E-state index in [1.54, 1.807) is 12.1 Å². The normalized spacial score (nSPS) is 17.2. The summed E-state index contributed by atoms with van der Waals surface area (Å²) in [6, 6.07) is 15.0. The molecule has 2 aromatic carbocycles. The zero-order valence-electron chi connectivity index (χ0n) is 15.8. The molecule has 1 saturated heterocycles. The van der Waals surface area contributed by atoms with Gasteiger partial charge >= 0.3 is 0 Å². The number of carbonyl (C=O) groups is 2. The highest BCUT2D eigenvalue weighted by Gasteiger charge is 2.33. The molecule has 0 aromatic heterocycles. The van der Waals surface area contributed by atoms with E-state index in [2.05, 4.69) is 5.32 Å². The van der Waals surface area contributed by atoms with Gasteiger partial charge in [0.1, 0.15) is 12.6 Å². The third kappa shape index (κ3) is 5.63. The van der Waals surface area contributed by atoms with Crippen LogP contribution in [0.25, 0.3) is 0 Å². The topological polar surface area (TPSA) is 119 Å². The smallest absolute Gasteiger partial charge is 0.249 e. The van der Waals surface area contributed by atoms with E-state index in [1.807, 2.05) is 30.3 Å². The molecule has 0 aliphatic carbocycles. The predicted octanol–water partition coefficient (Wildman–Crippen LogP) is 0.420. The number of carbonyl (C=O) groups excluding carboxylic acids is 2. The number of benzene rings is 2. The maximum Gasteiger partial charge on any atom is 0.249 e. The summed E-state index contributed by atoms with van der Waals surface area (Å²) in [5.41, 5.74) is 1.80. The second-order valence-electron chi connectivity index (χ2n) is 6.77. The fourth-order valence-corrected chi connectivity index (χ4v) is 3.61. The van der Waals surface area contributed by atoms with Crippen molar-refractivity contribution in [2.45, 2.75) is 23.9 Å². The summed E-state index contributed by atoms with van der Waals surface area (Å²) in [5.74, 6) is -0.506. The summed E-state index contributed by atoms with van der Waals surface area (Å²) in [4.78, 5) is 26.5. The molecule has 1 fully saturated rings. The molecule has 1 heterocycles. The van der Waals surface area contributed by atoms with Gasteiger partial charge in [0.25, 0.3) is 0 Å². The monoisotopic (exact) mass is 417 g/mol. The van der Waals surface area contributed by atoms with E-state index in [9.17, 15) is 18.0 Å². The van der Waals surface area contributed by atoms with Crippen molar-refractivity contribution in [1.82, 2.24) is 10.2 Å². The molecular formula is C20H23N3O5S. The average Bonchev–Trinajstić information content (AvgIpc) is 2.70. The Hall–Kier alpha value is -2.75. The standard InChI is InChI=1S/C20H23N3O5S/c21-29(26,27)17-8-6-15(7-9-17)10-11-22-20(25)18-13-28-14-19(24)23(18)12-16-4-2-1-3-5-16/h1-9,18H,10-14H2,(H,22,25)(H2,21,26,27)/t18-/m0/s1. The molecule has 1 atom stereocenters. The van der Waals surface area contributed by atoms with Gasteiger partial charge in [0.15, 0.2) is 0 Å². The molecule has 0 spiro atoms. The number of hydrogen-bond acceptors (Lipinski definition) is 5. The largest absolute Gasteiger partial charge is 0.369 e. The molecule has 3 rings (SSSR count). The molecule has 3 N–H and O–H groups in total. The van der Waals surface area contributed by atoms with Gasteiger partial charge in [-0.15, -0.1) is 0 Å². The van der Waals surface area contributed by atoms with E-state index >= 15 is 0 Å². The van der Waals surface area contributed by atoms with Gasteiger partial charge in [0.05, 0.1) is 11.5 Å². The van der Waals surface area contributed by atoms with Crippen LogP contribution in [0.1, 0.15) is 11.1 Å². The third-order valence-corrected chi connectivity index (χ3v) is 5.59. The Bertz CT molecular complexity index is 961. The van der Waals surface area contributed by atoms with Crippen LogP contribution in [0, 0.1) is 0 Å². The lowest BCUT2D eigenvalue weighted by Crippen LogP contribution is -2.56. The minimum absolute atomic E-state index is 0.0347. The SMILES string of the molecule is NS(=O)(=O)c1ccc(CCNC(=O)[C@@H]2COCC(=O)N2Cc2ccccc2)cc1. The maximum atomic E-state index is 12.6. The minimum Gasteiger partial charge on any atom is -0.369 e. The third-order valence-electron chi connectivity index (χ3n) is 4.66. The fourth-order valence-electron chi connectivity index (χ4n) is 3.09. The van der Waals surface area contributed by atoms with Gasteiger partial charge in [-0.1, -0.05) is 42.5 Å². The van der Waals surface area contributed by atoms with Crippen LogP contribution >= 0.6 is 0 Å². The zero-order chi connectivity index (χ0) is 20.9. The van der Waals surface area contributed by atoms with Gasteiger partial charge in [-0.05, 0) is 29.7 Å². The quantitative estimate of drug-likeness (QED) is 0.677. The number of hydrogen-bond donors (Lipinski definition) is 2. The number of nitrogens with one attached hydrogen (secondary N) is 1. The van der Waals surface area contributed by atoms with Crippen LogP contribution in [-0.2, 0) is 37.3 Å². The number of rotatable bonds is 7. The molecule has 0 radical (unpaired) electrons. The van der Waals surface area contributed by atoms with Crippen molar-refractivity contribution in [1.29, 1.82) is 0 Å². The molecule has 9 heteroatoms. The van der Waals surface area contributed by atoms with Crippen LogP contribution < -0.4 is 10.5 Å². The Morgan fingerprint density at radius 2 is 1.79 bits per heavy atom. The summed E-state index contributed by atoms with van der Waals surface area (Å²) in [5, 5.41) is 7.91. The summed E-state index contributed by atoms with van der Waals surface area (Å²) in [7, 11) is -3.73. The van der Waals surface area contributed by atoms with Crippen molar-refractivity contribution in [2.24, 2.45) is 5.14 Å². The Morgan fingerprint density at radius 3 is 2.45 bits per heavy atom. The van der Waals surface area contributed by atoms with Crippen molar-refractivity contribution in [3.63, 3.8) is 0 Å². The number of ether oxygens (including phenoxy) is 1. The van der Waals surface area contributed by atoms with Crippen molar-refractivity contribution in [3.8, 4) is 0 Å². The highest BCUT2D eigenvalue weighted by Crippen LogP contribution is 2.14. The first kappa shape index (κ1) is 21.0. The number of morpholine rings is 1. The summed E-state index contributed by atoms with van der Waals surface area (Å²) >= 11 is 0. The van der Waals surface area contributed by atoms with E-state index in [0.717, 1.165) is 11.1 Å². The molecule has 1 aliphatic rings. The summed E-state index contributed by atoms with van der Waals surface area (Å²) in [6.07, 6.45) is 0.511. The maximum absolute atomic E-state index is 12.6. The number of sulfonamides is 1. The Balaban J connectivity index is 1.57. The zero-order valence-corrected chi connectivity index (χ0v) is 16.6. The van der Waals surface area contributed by atoms with Crippen molar-refractivity contribution >= 4 is 21.8 Å². The summed E-state index contributed by atoms with van der Waals surface area (Å²) < 4.78 is 27.8. The van der Waals surface area contributed by atoms with E-state index in [1.165, 1.54) is 17.0 Å². The average molecular weight is 417 g/mol. The van der Waals surface area contributed by atoms with Gasteiger partial charge < -0.3 is 15.0 Å². The van der Waals surface area contributed by atoms with Gasteiger partial charge in [0, 0.05) is 13.1 Å². The fraction of sp³-hybridized carbons (Fsp3) is 0.300. The van der Waals surface area contributed by atoms with Crippen LogP contribution in [-0.4, -0.2) is 50.9 Å². The van der Waals surface area contributed by atoms with E-state index in [-0.39, 0.29) is 29.9 Å². The molecule has 154 valence electrons. The van der Waals surface area contributed by atoms with Crippen LogP contribution in [0.5, 0.6) is 0 Å². The van der Waals surface area contributed by atoms with Crippen LogP contribution in [0.15, 0.2) is 59.5 Å². The molecule has 2 aromatic rings. The molecule has 8 nitrogen and oxygen atoms in total. The Kier molecular flexibility index (Phi) is 6.63. The first-order valence-corrected chi connectivity index (χ1v) is 10.7. The second-order valence-corrected chi connectivity index (χ2v) is 8.33. The number of nitrogens with two attached hydrogens (primary N) is 1. The lowest BCUT2D eigenvalue weighted by Gasteiger charge is -2.34. The Morgan fingerprint density at radius 1 is 1.10 bits per heavy atom. The molecule has 0 unspecified atom stereocenters. The summed E-state index contributed by atoms with van der Waals surface area (Å²) in [6.45, 7) is 0.800. The number of amides is 2. The van der Waals surface area contributed by atoms with Gasteiger partial charge in [-0.2, -0.15) is 0 Å². The molecule has 0 saturated carbocycles. The van der Waals surface area contributed by atoms with Crippen molar-refractivity contribution in [2.75, 3.05) is 19.8 Å². The number of primary sulfonamides is 1. The van der Waals surface area contributed by atoms with Crippen LogP contribution in [0.3, 0.4) is 0 Å². The predicted molar refractivity (Wildman–Crippen MR) is 106 cm³/mol. The van der Waals surface area contributed by atoms with Gasteiger partial charge in [0.2, 0.25) is 21.8 Å². The van der Waals surface area contributed by atoms with E-state index in [0.29, 0.717) is 19.5 Å². The van der Waals surface area contributed by atoms with E-state index < -0.39 is 16.1 Å². The lowest BCUT2D eigenvalue weighted by atomic mass is 10.1. The first-order chi connectivity index (χ1) is 13.8. The van der Waals surface area contributed by atoms with E-state index in [4.69, 9.17) is 9.88 Å². The molecule has 0 bridgehead atoms. The highest BCUT2D eigenvalue weighted by atomic mass is 32.2. The molecule has 29 heavy (non-hydrogen) atoms.